The van der Waals surface area contributed by atoms with Crippen LogP contribution < -0.4 is 5.73 Å². The SMILES string of the molecule is CC(N)c1nc(C(=O)N(C)Cc2cccs2)cs1. The zero-order valence-corrected chi connectivity index (χ0v) is 11.9. The Morgan fingerprint density at radius 2 is 2.33 bits per heavy atom. The van der Waals surface area contributed by atoms with E-state index in [4.69, 9.17) is 5.73 Å². The van der Waals surface area contributed by atoms with Gasteiger partial charge in [0, 0.05) is 17.3 Å². The van der Waals surface area contributed by atoms with Crippen LogP contribution >= 0.6 is 22.7 Å². The van der Waals surface area contributed by atoms with Crippen LogP contribution in [0.15, 0.2) is 22.9 Å². The van der Waals surface area contributed by atoms with Gasteiger partial charge in [0.1, 0.15) is 10.7 Å². The molecule has 96 valence electrons. The average Bonchev–Trinajstić information content (AvgIpc) is 2.98. The summed E-state index contributed by atoms with van der Waals surface area (Å²) in [5.74, 6) is -0.0634. The van der Waals surface area contributed by atoms with E-state index in [1.807, 2.05) is 24.4 Å². The fourth-order valence-electron chi connectivity index (χ4n) is 1.50. The predicted octanol–water partition coefficient (Wildman–Crippen LogP) is 2.50. The van der Waals surface area contributed by atoms with E-state index in [1.165, 1.54) is 11.3 Å². The summed E-state index contributed by atoms with van der Waals surface area (Å²) in [5.41, 5.74) is 6.22. The quantitative estimate of drug-likeness (QED) is 0.936. The molecule has 2 aromatic heterocycles. The molecule has 2 N–H and O–H groups in total. The largest absolute Gasteiger partial charge is 0.335 e. The van der Waals surface area contributed by atoms with Gasteiger partial charge < -0.3 is 10.6 Å². The van der Waals surface area contributed by atoms with Crippen molar-refractivity contribution in [2.24, 2.45) is 5.73 Å². The smallest absolute Gasteiger partial charge is 0.273 e. The van der Waals surface area contributed by atoms with Gasteiger partial charge in [-0.15, -0.1) is 22.7 Å². The van der Waals surface area contributed by atoms with Gasteiger partial charge in [-0.1, -0.05) is 6.07 Å². The second-order valence-electron chi connectivity index (χ2n) is 4.10. The molecule has 1 amide bonds. The Hall–Kier alpha value is -1.24. The van der Waals surface area contributed by atoms with Crippen molar-refractivity contribution in [2.75, 3.05) is 7.05 Å². The van der Waals surface area contributed by atoms with Crippen molar-refractivity contribution in [1.82, 2.24) is 9.88 Å². The molecule has 6 heteroatoms. The van der Waals surface area contributed by atoms with Gasteiger partial charge in [-0.2, -0.15) is 0 Å². The average molecular weight is 281 g/mol. The number of rotatable bonds is 4. The summed E-state index contributed by atoms with van der Waals surface area (Å²) in [6.45, 7) is 2.48. The number of thiophene rings is 1. The number of amides is 1. The molecule has 0 aliphatic carbocycles. The number of thiazole rings is 1. The first-order valence-corrected chi connectivity index (χ1v) is 7.32. The molecule has 0 saturated carbocycles. The lowest BCUT2D eigenvalue weighted by Gasteiger charge is -2.14. The van der Waals surface area contributed by atoms with Gasteiger partial charge in [0.05, 0.1) is 12.6 Å². The maximum Gasteiger partial charge on any atom is 0.273 e. The van der Waals surface area contributed by atoms with Crippen molar-refractivity contribution in [3.8, 4) is 0 Å². The molecule has 2 aromatic rings. The summed E-state index contributed by atoms with van der Waals surface area (Å²) in [6.07, 6.45) is 0. The fourth-order valence-corrected chi connectivity index (χ4v) is 3.01. The molecule has 0 spiro atoms. The van der Waals surface area contributed by atoms with E-state index in [0.717, 1.165) is 9.88 Å². The molecule has 1 unspecified atom stereocenters. The molecular formula is C12H15N3OS2. The molecule has 2 heterocycles. The van der Waals surface area contributed by atoms with Gasteiger partial charge in [-0.25, -0.2) is 4.98 Å². The number of nitrogens with two attached hydrogens (primary N) is 1. The Morgan fingerprint density at radius 1 is 1.56 bits per heavy atom. The normalized spacial score (nSPS) is 12.4. The lowest BCUT2D eigenvalue weighted by Crippen LogP contribution is -2.26. The molecule has 4 nitrogen and oxygen atoms in total. The second kappa shape index (κ2) is 5.60. The highest BCUT2D eigenvalue weighted by atomic mass is 32.1. The standard InChI is InChI=1S/C12H15N3OS2/c1-8(13)11-14-10(7-18-11)12(16)15(2)6-9-4-3-5-17-9/h3-5,7-8H,6,13H2,1-2H3. The minimum Gasteiger partial charge on any atom is -0.335 e. The van der Waals surface area contributed by atoms with E-state index >= 15 is 0 Å². The highest BCUT2D eigenvalue weighted by Gasteiger charge is 2.17. The molecule has 0 radical (unpaired) electrons. The number of hydrogen-bond acceptors (Lipinski definition) is 5. The van der Waals surface area contributed by atoms with E-state index in [0.29, 0.717) is 12.2 Å². The third-order valence-electron chi connectivity index (χ3n) is 2.45. The highest BCUT2D eigenvalue weighted by Crippen LogP contribution is 2.18. The summed E-state index contributed by atoms with van der Waals surface area (Å²) in [7, 11) is 1.78. The molecule has 2 rings (SSSR count). The van der Waals surface area contributed by atoms with Crippen LogP contribution in [0, 0.1) is 0 Å². The van der Waals surface area contributed by atoms with Gasteiger partial charge in [0.25, 0.3) is 5.91 Å². The number of hydrogen-bond donors (Lipinski definition) is 1. The summed E-state index contributed by atoms with van der Waals surface area (Å²) in [6, 6.07) is 3.87. The first-order chi connectivity index (χ1) is 8.58. The Bertz CT molecular complexity index is 519. The van der Waals surface area contributed by atoms with Crippen molar-refractivity contribution in [3.05, 3.63) is 38.5 Å². The van der Waals surface area contributed by atoms with E-state index in [9.17, 15) is 4.79 Å². The van der Waals surface area contributed by atoms with E-state index in [2.05, 4.69) is 4.98 Å². The monoisotopic (exact) mass is 281 g/mol. The maximum absolute atomic E-state index is 12.1. The number of nitrogens with zero attached hydrogens (tertiary/aromatic N) is 2. The fraction of sp³-hybridized carbons (Fsp3) is 0.333. The molecule has 0 aliphatic heterocycles. The lowest BCUT2D eigenvalue weighted by molar-refractivity contribution is 0.0781. The first-order valence-electron chi connectivity index (χ1n) is 5.56. The van der Waals surface area contributed by atoms with Gasteiger partial charge in [-0.05, 0) is 18.4 Å². The van der Waals surface area contributed by atoms with Crippen LogP contribution in [-0.4, -0.2) is 22.8 Å². The number of aromatic nitrogens is 1. The van der Waals surface area contributed by atoms with Gasteiger partial charge in [-0.3, -0.25) is 4.79 Å². The van der Waals surface area contributed by atoms with Crippen LogP contribution in [0.3, 0.4) is 0 Å². The minimum atomic E-state index is -0.126. The van der Waals surface area contributed by atoms with Crippen LogP contribution in [0.5, 0.6) is 0 Å². The van der Waals surface area contributed by atoms with Crippen molar-refractivity contribution in [2.45, 2.75) is 19.5 Å². The number of carbonyl (C=O) groups excluding carboxylic acids is 1. The van der Waals surface area contributed by atoms with Crippen LogP contribution in [0.1, 0.15) is 33.3 Å². The first kappa shape index (κ1) is 13.2. The molecule has 0 saturated heterocycles. The third kappa shape index (κ3) is 2.95. The Labute approximate surface area is 114 Å². The van der Waals surface area contributed by atoms with E-state index < -0.39 is 0 Å². The van der Waals surface area contributed by atoms with Crippen LogP contribution in [0.25, 0.3) is 0 Å². The Morgan fingerprint density at radius 3 is 2.89 bits per heavy atom. The molecule has 0 aromatic carbocycles. The Kier molecular flexibility index (Phi) is 4.11. The summed E-state index contributed by atoms with van der Waals surface area (Å²) in [5, 5.41) is 4.57. The van der Waals surface area contributed by atoms with E-state index in [1.54, 1.807) is 28.7 Å². The molecule has 1 atom stereocenters. The van der Waals surface area contributed by atoms with Gasteiger partial charge in [0.2, 0.25) is 0 Å². The van der Waals surface area contributed by atoms with Crippen LogP contribution in [-0.2, 0) is 6.54 Å². The zero-order valence-electron chi connectivity index (χ0n) is 10.3. The van der Waals surface area contributed by atoms with Crippen LogP contribution in [0.2, 0.25) is 0 Å². The molecule has 0 bridgehead atoms. The molecule has 0 fully saturated rings. The topological polar surface area (TPSA) is 59.2 Å². The molecule has 0 aliphatic rings. The summed E-state index contributed by atoms with van der Waals surface area (Å²) < 4.78 is 0. The second-order valence-corrected chi connectivity index (χ2v) is 6.02. The van der Waals surface area contributed by atoms with Crippen molar-refractivity contribution >= 4 is 28.6 Å². The van der Waals surface area contributed by atoms with Gasteiger partial charge in [0.15, 0.2) is 0 Å². The highest BCUT2D eigenvalue weighted by molar-refractivity contribution is 7.10. The third-order valence-corrected chi connectivity index (χ3v) is 4.36. The minimum absolute atomic E-state index is 0.0634. The van der Waals surface area contributed by atoms with Crippen LogP contribution in [0.4, 0.5) is 0 Å². The molecular weight excluding hydrogens is 266 g/mol. The van der Waals surface area contributed by atoms with Crippen molar-refractivity contribution in [3.63, 3.8) is 0 Å². The maximum atomic E-state index is 12.1. The van der Waals surface area contributed by atoms with Crippen molar-refractivity contribution < 1.29 is 4.79 Å². The number of carbonyl (C=O) groups is 1. The lowest BCUT2D eigenvalue weighted by atomic mass is 10.3. The summed E-state index contributed by atoms with van der Waals surface area (Å²) >= 11 is 3.07. The van der Waals surface area contributed by atoms with E-state index in [-0.39, 0.29) is 11.9 Å². The zero-order chi connectivity index (χ0) is 13.1. The Balaban J connectivity index is 2.05. The molecule has 18 heavy (non-hydrogen) atoms. The van der Waals surface area contributed by atoms with Crippen molar-refractivity contribution in [1.29, 1.82) is 0 Å². The van der Waals surface area contributed by atoms with Gasteiger partial charge >= 0.3 is 0 Å². The summed E-state index contributed by atoms with van der Waals surface area (Å²) in [4.78, 5) is 19.2. The predicted molar refractivity (Wildman–Crippen MR) is 74.8 cm³/mol.